The topological polar surface area (TPSA) is 38.2 Å². The van der Waals surface area contributed by atoms with Gasteiger partial charge in [0.1, 0.15) is 17.1 Å². The largest absolute Gasteiger partial charge is 0.494 e. The van der Waals surface area contributed by atoms with Gasteiger partial charge in [-0.25, -0.2) is 9.97 Å². The summed E-state index contributed by atoms with van der Waals surface area (Å²) in [4.78, 5) is 11.7. The van der Waals surface area contributed by atoms with Gasteiger partial charge in [-0.05, 0) is 49.8 Å². The molecule has 2 aromatic carbocycles. The van der Waals surface area contributed by atoms with Crippen LogP contribution in [0, 0.1) is 0 Å². The lowest BCUT2D eigenvalue weighted by atomic mass is 10.2. The van der Waals surface area contributed by atoms with Gasteiger partial charge in [0, 0.05) is 23.5 Å². The van der Waals surface area contributed by atoms with E-state index in [-0.39, 0.29) is 0 Å². The molecule has 1 aromatic heterocycles. The Bertz CT molecular complexity index is 918. The van der Waals surface area contributed by atoms with Gasteiger partial charge in [-0.3, -0.25) is 0 Å². The van der Waals surface area contributed by atoms with E-state index >= 15 is 0 Å². The van der Waals surface area contributed by atoms with Crippen LogP contribution in [0.2, 0.25) is 5.02 Å². The lowest BCUT2D eigenvalue weighted by Gasteiger charge is -2.22. The molecule has 0 radical (unpaired) electrons. The molecule has 3 aromatic rings. The highest BCUT2D eigenvalue weighted by molar-refractivity contribution is 6.30. The molecule has 3 rings (SSSR count). The molecule has 0 amide bonds. The quantitative estimate of drug-likeness (QED) is 0.591. The Balaban J connectivity index is 2.11. The van der Waals surface area contributed by atoms with Crippen LogP contribution in [-0.4, -0.2) is 30.2 Å². The number of hydrogen-bond acceptors (Lipinski definition) is 4. The van der Waals surface area contributed by atoms with Gasteiger partial charge < -0.3 is 9.64 Å². The van der Waals surface area contributed by atoms with Crippen LogP contribution in [0.25, 0.3) is 23.1 Å². The SMILES string of the molecule is CCN(CC)c1nc(/C=C/c2ccc(Cl)cc2)nc2c(OC)cccc12. The second kappa shape index (κ2) is 8.19. The van der Waals surface area contributed by atoms with Crippen molar-refractivity contribution in [2.75, 3.05) is 25.1 Å². The number of aromatic nitrogens is 2. The van der Waals surface area contributed by atoms with Crippen molar-refractivity contribution in [3.05, 3.63) is 58.9 Å². The summed E-state index contributed by atoms with van der Waals surface area (Å²) in [5, 5.41) is 1.72. The van der Waals surface area contributed by atoms with Gasteiger partial charge in [0.25, 0.3) is 0 Å². The molecule has 134 valence electrons. The highest BCUT2D eigenvalue weighted by Gasteiger charge is 2.14. The van der Waals surface area contributed by atoms with E-state index in [1.165, 1.54) is 0 Å². The molecule has 0 bridgehead atoms. The van der Waals surface area contributed by atoms with Crippen LogP contribution in [0.1, 0.15) is 25.2 Å². The minimum atomic E-state index is 0.652. The second-order valence-corrected chi connectivity index (χ2v) is 6.26. The maximum atomic E-state index is 5.95. The average Bonchev–Trinajstić information content (AvgIpc) is 2.68. The molecule has 0 N–H and O–H groups in total. The highest BCUT2D eigenvalue weighted by Crippen LogP contribution is 2.30. The summed E-state index contributed by atoms with van der Waals surface area (Å²) in [6, 6.07) is 13.6. The van der Waals surface area contributed by atoms with Gasteiger partial charge in [0.15, 0.2) is 5.82 Å². The monoisotopic (exact) mass is 367 g/mol. The number of anilines is 1. The van der Waals surface area contributed by atoms with E-state index in [0.29, 0.717) is 5.82 Å². The van der Waals surface area contributed by atoms with Crippen LogP contribution in [0.15, 0.2) is 42.5 Å². The normalized spacial score (nSPS) is 11.2. The molecule has 0 fully saturated rings. The van der Waals surface area contributed by atoms with Crippen molar-refractivity contribution < 1.29 is 4.74 Å². The predicted octanol–water partition coefficient (Wildman–Crippen LogP) is 5.31. The molecule has 1 heterocycles. The number of nitrogens with zero attached hydrogens (tertiary/aromatic N) is 3. The van der Waals surface area contributed by atoms with Gasteiger partial charge in [-0.15, -0.1) is 0 Å². The van der Waals surface area contributed by atoms with Crippen LogP contribution in [0.3, 0.4) is 0 Å². The van der Waals surface area contributed by atoms with E-state index in [1.807, 2.05) is 54.6 Å². The number of fused-ring (bicyclic) bond motifs is 1. The fourth-order valence-corrected chi connectivity index (χ4v) is 3.00. The van der Waals surface area contributed by atoms with E-state index in [9.17, 15) is 0 Å². The Kier molecular flexibility index (Phi) is 5.74. The average molecular weight is 368 g/mol. The molecular weight excluding hydrogens is 346 g/mol. The Morgan fingerprint density at radius 1 is 1.00 bits per heavy atom. The molecule has 0 aliphatic heterocycles. The summed E-state index contributed by atoms with van der Waals surface area (Å²) >= 11 is 5.95. The van der Waals surface area contributed by atoms with E-state index in [4.69, 9.17) is 26.3 Å². The zero-order valence-corrected chi connectivity index (χ0v) is 16.0. The first-order valence-electron chi connectivity index (χ1n) is 8.69. The molecule has 5 heteroatoms. The first-order valence-corrected chi connectivity index (χ1v) is 9.07. The van der Waals surface area contributed by atoms with Gasteiger partial charge in [0.05, 0.1) is 7.11 Å². The third-order valence-electron chi connectivity index (χ3n) is 4.26. The number of benzene rings is 2. The van der Waals surface area contributed by atoms with Crippen molar-refractivity contribution in [3.63, 3.8) is 0 Å². The molecule has 0 atom stereocenters. The first kappa shape index (κ1) is 18.2. The zero-order chi connectivity index (χ0) is 18.5. The van der Waals surface area contributed by atoms with Crippen molar-refractivity contribution >= 4 is 40.5 Å². The molecule has 0 unspecified atom stereocenters. The minimum Gasteiger partial charge on any atom is -0.494 e. The van der Waals surface area contributed by atoms with E-state index < -0.39 is 0 Å². The fourth-order valence-electron chi connectivity index (χ4n) is 2.87. The molecular formula is C21H22ClN3O. The number of methoxy groups -OCH3 is 1. The molecule has 0 saturated carbocycles. The Morgan fingerprint density at radius 3 is 2.38 bits per heavy atom. The van der Waals surface area contributed by atoms with Crippen LogP contribution < -0.4 is 9.64 Å². The van der Waals surface area contributed by atoms with Gasteiger partial charge in [0.2, 0.25) is 0 Å². The zero-order valence-electron chi connectivity index (χ0n) is 15.2. The second-order valence-electron chi connectivity index (χ2n) is 5.82. The van der Waals surface area contributed by atoms with Crippen molar-refractivity contribution in [2.45, 2.75) is 13.8 Å². The lowest BCUT2D eigenvalue weighted by molar-refractivity contribution is 0.419. The molecule has 0 spiro atoms. The summed E-state index contributed by atoms with van der Waals surface area (Å²) in [6.07, 6.45) is 3.90. The van der Waals surface area contributed by atoms with Crippen molar-refractivity contribution in [1.29, 1.82) is 0 Å². The summed E-state index contributed by atoms with van der Waals surface area (Å²) in [5.74, 6) is 2.33. The number of rotatable bonds is 6. The fraction of sp³-hybridized carbons (Fsp3) is 0.238. The minimum absolute atomic E-state index is 0.652. The molecule has 26 heavy (non-hydrogen) atoms. The standard InChI is InChI=1S/C21H22ClN3O/c1-4-25(5-2)21-17-7-6-8-18(26-3)20(17)23-19(24-21)14-11-15-9-12-16(22)13-10-15/h6-14H,4-5H2,1-3H3/b14-11+. The molecule has 0 saturated heterocycles. The van der Waals surface area contributed by atoms with E-state index in [1.54, 1.807) is 7.11 Å². The van der Waals surface area contributed by atoms with Crippen LogP contribution in [0.5, 0.6) is 5.75 Å². The predicted molar refractivity (Wildman–Crippen MR) is 110 cm³/mol. The molecule has 4 nitrogen and oxygen atoms in total. The number of ether oxygens (including phenoxy) is 1. The summed E-state index contributed by atoms with van der Waals surface area (Å²) in [6.45, 7) is 6.00. The number of hydrogen-bond donors (Lipinski definition) is 0. The lowest BCUT2D eigenvalue weighted by Crippen LogP contribution is -2.23. The first-order chi connectivity index (χ1) is 12.7. The van der Waals surface area contributed by atoms with Gasteiger partial charge in [-0.1, -0.05) is 35.9 Å². The van der Waals surface area contributed by atoms with E-state index in [2.05, 4.69) is 18.7 Å². The Labute approximate surface area is 159 Å². The third-order valence-corrected chi connectivity index (χ3v) is 4.52. The number of para-hydroxylation sites is 1. The summed E-state index contributed by atoms with van der Waals surface area (Å²) in [7, 11) is 1.66. The van der Waals surface area contributed by atoms with Crippen LogP contribution in [-0.2, 0) is 0 Å². The maximum absolute atomic E-state index is 5.95. The highest BCUT2D eigenvalue weighted by atomic mass is 35.5. The van der Waals surface area contributed by atoms with Gasteiger partial charge >= 0.3 is 0 Å². The molecule has 0 aliphatic rings. The Hall–Kier alpha value is -2.59. The van der Waals surface area contributed by atoms with Crippen molar-refractivity contribution in [2.24, 2.45) is 0 Å². The molecule has 0 aliphatic carbocycles. The van der Waals surface area contributed by atoms with Crippen molar-refractivity contribution in [3.8, 4) is 5.75 Å². The summed E-state index contributed by atoms with van der Waals surface area (Å²) < 4.78 is 5.51. The smallest absolute Gasteiger partial charge is 0.155 e. The van der Waals surface area contributed by atoms with Crippen LogP contribution >= 0.6 is 11.6 Å². The summed E-state index contributed by atoms with van der Waals surface area (Å²) in [5.41, 5.74) is 1.87. The maximum Gasteiger partial charge on any atom is 0.155 e. The third kappa shape index (κ3) is 3.81. The Morgan fingerprint density at radius 2 is 1.73 bits per heavy atom. The van der Waals surface area contributed by atoms with Crippen molar-refractivity contribution in [1.82, 2.24) is 9.97 Å². The number of halogens is 1. The van der Waals surface area contributed by atoms with Crippen LogP contribution in [0.4, 0.5) is 5.82 Å². The van der Waals surface area contributed by atoms with E-state index in [0.717, 1.165) is 46.1 Å². The van der Waals surface area contributed by atoms with Gasteiger partial charge in [-0.2, -0.15) is 0 Å².